The average Bonchev–Trinajstić information content (AvgIpc) is 2.75. The first kappa shape index (κ1) is 23.7. The number of pyridine rings is 1. The second kappa shape index (κ2) is 10.5. The average molecular weight is 443 g/mol. The summed E-state index contributed by atoms with van der Waals surface area (Å²) in [6.07, 6.45) is 0.607. The van der Waals surface area contributed by atoms with Crippen LogP contribution in [0.4, 0.5) is 10.2 Å². The number of benzene rings is 1. The molecule has 2 aromatic rings. The number of anilines is 1. The number of aryl methyl sites for hydroxylation is 2. The van der Waals surface area contributed by atoms with Crippen molar-refractivity contribution in [2.24, 2.45) is 0 Å². The first-order valence-corrected chi connectivity index (χ1v) is 10.9. The molecule has 32 heavy (non-hydrogen) atoms. The van der Waals surface area contributed by atoms with Gasteiger partial charge in [-0.05, 0) is 43.2 Å². The maximum atomic E-state index is 15.2. The van der Waals surface area contributed by atoms with E-state index < -0.39 is 5.67 Å². The Labute approximate surface area is 188 Å². The standard InChI is InChI=1S/C24H31FN4O3/c1-17-7-8-20(15-18(17)2)23(31)29-12-9-24(25,10-13-29)16-26-11-14-32-22-6-4-5-21(28-22)27-19(3)30/h4-8,15,26H,9-14,16H2,1-3H3,(H,27,28,30). The number of hydrogen-bond acceptors (Lipinski definition) is 5. The Bertz CT molecular complexity index is 958. The van der Waals surface area contributed by atoms with Crippen LogP contribution in [0, 0.1) is 13.8 Å². The molecular formula is C24H31FN4O3. The molecule has 0 aliphatic carbocycles. The van der Waals surface area contributed by atoms with E-state index in [9.17, 15) is 9.59 Å². The molecule has 1 aliphatic heterocycles. The Morgan fingerprint density at radius 3 is 2.59 bits per heavy atom. The van der Waals surface area contributed by atoms with Gasteiger partial charge in [-0.15, -0.1) is 0 Å². The molecule has 7 nitrogen and oxygen atoms in total. The number of carbonyl (C=O) groups excluding carboxylic acids is 2. The molecule has 1 fully saturated rings. The van der Waals surface area contributed by atoms with E-state index >= 15 is 4.39 Å². The van der Waals surface area contributed by atoms with Gasteiger partial charge in [0.2, 0.25) is 11.8 Å². The van der Waals surface area contributed by atoms with E-state index in [1.807, 2.05) is 32.0 Å². The second-order valence-corrected chi connectivity index (χ2v) is 8.31. The van der Waals surface area contributed by atoms with Crippen molar-refractivity contribution in [1.82, 2.24) is 15.2 Å². The number of halogens is 1. The van der Waals surface area contributed by atoms with Gasteiger partial charge >= 0.3 is 0 Å². The molecule has 0 spiro atoms. The van der Waals surface area contributed by atoms with Gasteiger partial charge in [-0.1, -0.05) is 12.1 Å². The zero-order valence-electron chi connectivity index (χ0n) is 18.9. The number of alkyl halides is 1. The van der Waals surface area contributed by atoms with Gasteiger partial charge < -0.3 is 20.3 Å². The highest BCUT2D eigenvalue weighted by Crippen LogP contribution is 2.27. The van der Waals surface area contributed by atoms with Crippen LogP contribution in [0.2, 0.25) is 0 Å². The van der Waals surface area contributed by atoms with Crippen molar-refractivity contribution in [2.45, 2.75) is 39.3 Å². The summed E-state index contributed by atoms with van der Waals surface area (Å²) in [7, 11) is 0. The zero-order chi connectivity index (χ0) is 23.1. The van der Waals surface area contributed by atoms with E-state index in [1.54, 1.807) is 23.1 Å². The van der Waals surface area contributed by atoms with Crippen LogP contribution in [-0.2, 0) is 4.79 Å². The number of carbonyl (C=O) groups is 2. The van der Waals surface area contributed by atoms with Crippen LogP contribution >= 0.6 is 0 Å². The number of amides is 2. The van der Waals surface area contributed by atoms with Crippen LogP contribution in [-0.4, -0.2) is 60.2 Å². The van der Waals surface area contributed by atoms with Gasteiger partial charge in [0, 0.05) is 57.6 Å². The lowest BCUT2D eigenvalue weighted by Gasteiger charge is -2.36. The first-order chi connectivity index (χ1) is 15.3. The van der Waals surface area contributed by atoms with E-state index in [1.165, 1.54) is 6.92 Å². The molecule has 1 aromatic heterocycles. The normalized spacial score (nSPS) is 15.3. The highest BCUT2D eigenvalue weighted by molar-refractivity contribution is 5.94. The van der Waals surface area contributed by atoms with Crippen molar-refractivity contribution in [3.8, 4) is 5.88 Å². The molecule has 1 aliphatic rings. The molecule has 0 saturated carbocycles. The van der Waals surface area contributed by atoms with Crippen LogP contribution in [0.3, 0.4) is 0 Å². The number of ether oxygens (including phenoxy) is 1. The number of piperidine rings is 1. The lowest BCUT2D eigenvalue weighted by atomic mass is 9.92. The van der Waals surface area contributed by atoms with Gasteiger partial charge in [-0.25, -0.2) is 4.39 Å². The Morgan fingerprint density at radius 1 is 1.16 bits per heavy atom. The van der Waals surface area contributed by atoms with Gasteiger partial charge in [0.1, 0.15) is 18.1 Å². The quantitative estimate of drug-likeness (QED) is 0.613. The fourth-order valence-electron chi connectivity index (χ4n) is 3.63. The minimum Gasteiger partial charge on any atom is -0.476 e. The predicted octanol–water partition coefficient (Wildman–Crippen LogP) is 3.27. The third-order valence-corrected chi connectivity index (χ3v) is 5.70. The summed E-state index contributed by atoms with van der Waals surface area (Å²) in [4.78, 5) is 29.7. The van der Waals surface area contributed by atoms with Gasteiger partial charge in [0.15, 0.2) is 0 Å². The Kier molecular flexibility index (Phi) is 7.80. The lowest BCUT2D eigenvalue weighted by Crippen LogP contribution is -2.49. The highest BCUT2D eigenvalue weighted by Gasteiger charge is 2.35. The maximum Gasteiger partial charge on any atom is 0.253 e. The minimum absolute atomic E-state index is 0.0366. The van der Waals surface area contributed by atoms with Crippen molar-refractivity contribution in [2.75, 3.05) is 38.1 Å². The van der Waals surface area contributed by atoms with Gasteiger partial charge in [-0.3, -0.25) is 9.59 Å². The number of rotatable bonds is 8. The second-order valence-electron chi connectivity index (χ2n) is 8.31. The van der Waals surface area contributed by atoms with Crippen molar-refractivity contribution in [3.63, 3.8) is 0 Å². The van der Waals surface area contributed by atoms with Crippen molar-refractivity contribution in [1.29, 1.82) is 0 Å². The predicted molar refractivity (Wildman–Crippen MR) is 122 cm³/mol. The summed E-state index contributed by atoms with van der Waals surface area (Å²) in [5, 5.41) is 5.70. The summed E-state index contributed by atoms with van der Waals surface area (Å²) in [5.74, 6) is 0.579. The van der Waals surface area contributed by atoms with E-state index in [2.05, 4.69) is 15.6 Å². The molecule has 1 saturated heterocycles. The number of likely N-dealkylation sites (tertiary alicyclic amines) is 1. The fraction of sp³-hybridized carbons (Fsp3) is 0.458. The summed E-state index contributed by atoms with van der Waals surface area (Å²) in [6, 6.07) is 10.8. The molecule has 2 N–H and O–H groups in total. The Morgan fingerprint density at radius 2 is 1.91 bits per heavy atom. The van der Waals surface area contributed by atoms with E-state index in [4.69, 9.17) is 4.74 Å². The molecule has 8 heteroatoms. The third kappa shape index (κ3) is 6.50. The molecule has 2 amide bonds. The summed E-state index contributed by atoms with van der Waals surface area (Å²) >= 11 is 0. The zero-order valence-corrected chi connectivity index (χ0v) is 18.9. The topological polar surface area (TPSA) is 83.6 Å². The SMILES string of the molecule is CC(=O)Nc1cccc(OCCNCC2(F)CCN(C(=O)c3ccc(C)c(C)c3)CC2)n1. The minimum atomic E-state index is -1.34. The fourth-order valence-corrected chi connectivity index (χ4v) is 3.63. The molecule has 3 rings (SSSR count). The summed E-state index contributed by atoms with van der Waals surface area (Å²) < 4.78 is 20.7. The monoisotopic (exact) mass is 442 g/mol. The van der Waals surface area contributed by atoms with Gasteiger partial charge in [0.25, 0.3) is 5.91 Å². The molecule has 0 bridgehead atoms. The Balaban J connectivity index is 1.39. The molecule has 0 radical (unpaired) electrons. The van der Waals surface area contributed by atoms with Crippen molar-refractivity contribution in [3.05, 3.63) is 53.1 Å². The van der Waals surface area contributed by atoms with E-state index in [0.29, 0.717) is 56.3 Å². The highest BCUT2D eigenvalue weighted by atomic mass is 19.1. The van der Waals surface area contributed by atoms with Gasteiger partial charge in [-0.2, -0.15) is 4.98 Å². The smallest absolute Gasteiger partial charge is 0.253 e. The largest absolute Gasteiger partial charge is 0.476 e. The number of nitrogens with one attached hydrogen (secondary N) is 2. The van der Waals surface area contributed by atoms with Crippen LogP contribution < -0.4 is 15.4 Å². The van der Waals surface area contributed by atoms with E-state index in [-0.39, 0.29) is 18.4 Å². The van der Waals surface area contributed by atoms with Crippen LogP contribution in [0.1, 0.15) is 41.3 Å². The molecular weight excluding hydrogens is 411 g/mol. The number of nitrogens with zero attached hydrogens (tertiary/aromatic N) is 2. The third-order valence-electron chi connectivity index (χ3n) is 5.70. The summed E-state index contributed by atoms with van der Waals surface area (Å²) in [5.41, 5.74) is 1.54. The molecule has 172 valence electrons. The van der Waals surface area contributed by atoms with Crippen LogP contribution in [0.5, 0.6) is 5.88 Å². The van der Waals surface area contributed by atoms with Gasteiger partial charge in [0.05, 0.1) is 0 Å². The lowest BCUT2D eigenvalue weighted by molar-refractivity contribution is -0.114. The summed E-state index contributed by atoms with van der Waals surface area (Å²) in [6.45, 7) is 7.21. The first-order valence-electron chi connectivity index (χ1n) is 10.9. The van der Waals surface area contributed by atoms with Crippen molar-refractivity contribution < 1.29 is 18.7 Å². The van der Waals surface area contributed by atoms with E-state index in [0.717, 1.165) is 11.1 Å². The van der Waals surface area contributed by atoms with Crippen LogP contribution in [0.15, 0.2) is 36.4 Å². The van der Waals surface area contributed by atoms with Crippen LogP contribution in [0.25, 0.3) is 0 Å². The number of hydrogen-bond donors (Lipinski definition) is 2. The maximum absolute atomic E-state index is 15.2. The Hall–Kier alpha value is -3.00. The molecule has 0 atom stereocenters. The number of aromatic nitrogens is 1. The molecule has 2 heterocycles. The van der Waals surface area contributed by atoms with Crippen molar-refractivity contribution >= 4 is 17.6 Å². The molecule has 0 unspecified atom stereocenters. The molecule has 1 aromatic carbocycles.